The van der Waals surface area contributed by atoms with Crippen molar-refractivity contribution >= 4 is 28.5 Å². The van der Waals surface area contributed by atoms with Crippen molar-refractivity contribution in [1.82, 2.24) is 5.43 Å². The van der Waals surface area contributed by atoms with Crippen LogP contribution in [-0.2, 0) is 4.79 Å². The van der Waals surface area contributed by atoms with Crippen molar-refractivity contribution in [3.63, 3.8) is 0 Å². The van der Waals surface area contributed by atoms with Gasteiger partial charge in [-0.2, -0.15) is 5.10 Å². The van der Waals surface area contributed by atoms with Crippen molar-refractivity contribution < 1.29 is 14.2 Å². The Morgan fingerprint density at radius 2 is 2.22 bits per heavy atom. The van der Waals surface area contributed by atoms with Gasteiger partial charge in [-0.3, -0.25) is 14.9 Å². The number of hydrogen-bond donors (Lipinski definition) is 1. The van der Waals surface area contributed by atoms with Gasteiger partial charge in [0.1, 0.15) is 0 Å². The summed E-state index contributed by atoms with van der Waals surface area (Å²) in [5.74, 6) is -0.204. The van der Waals surface area contributed by atoms with Crippen LogP contribution in [0.15, 0.2) is 17.2 Å². The molecule has 0 saturated heterocycles. The smallest absolute Gasteiger partial charge is 0.323 e. The molecule has 1 amide bonds. The summed E-state index contributed by atoms with van der Waals surface area (Å²) < 4.78 is 0.506. The molecule has 0 radical (unpaired) electrons. The molecule has 18 heavy (non-hydrogen) atoms. The predicted octanol–water partition coefficient (Wildman–Crippen LogP) is 0.813. The van der Waals surface area contributed by atoms with Crippen LogP contribution in [0.25, 0.3) is 0 Å². The van der Waals surface area contributed by atoms with Gasteiger partial charge in [0.25, 0.3) is 5.91 Å². The monoisotopic (exact) mass is 271 g/mol. The zero-order chi connectivity index (χ0) is 13.8. The molecule has 0 spiro atoms. The quantitative estimate of drug-likeness (QED) is 0.372. The summed E-state index contributed by atoms with van der Waals surface area (Å²) in [6, 6.07) is 2.98. The molecule has 98 valence electrons. The van der Waals surface area contributed by atoms with Gasteiger partial charge in [-0.1, -0.05) is 11.3 Å². The normalized spacial score (nSPS) is 11.7. The number of nitrogens with zero attached hydrogens (tertiary/aromatic N) is 3. The third-order valence-corrected chi connectivity index (χ3v) is 2.76. The van der Waals surface area contributed by atoms with Gasteiger partial charge in [0.2, 0.25) is 0 Å². The molecule has 7 nitrogen and oxygen atoms in total. The molecule has 1 heterocycles. The number of thiophene rings is 1. The molecule has 0 bridgehead atoms. The molecule has 0 aliphatic heterocycles. The van der Waals surface area contributed by atoms with Crippen LogP contribution in [0.2, 0.25) is 0 Å². The van der Waals surface area contributed by atoms with Crippen molar-refractivity contribution in [1.29, 1.82) is 0 Å². The van der Waals surface area contributed by atoms with E-state index in [2.05, 4.69) is 10.5 Å². The first-order valence-electron chi connectivity index (χ1n) is 5.14. The molecular formula is C10H15N4O3S+. The van der Waals surface area contributed by atoms with E-state index in [-0.39, 0.29) is 10.9 Å². The van der Waals surface area contributed by atoms with Crippen LogP contribution in [0.1, 0.15) is 4.88 Å². The van der Waals surface area contributed by atoms with Gasteiger partial charge >= 0.3 is 5.00 Å². The number of amides is 1. The first-order valence-corrected chi connectivity index (χ1v) is 5.96. The van der Waals surface area contributed by atoms with Crippen LogP contribution in [0.5, 0.6) is 0 Å². The highest BCUT2D eigenvalue weighted by molar-refractivity contribution is 7.16. The van der Waals surface area contributed by atoms with Gasteiger partial charge in [0.05, 0.1) is 37.2 Å². The van der Waals surface area contributed by atoms with Gasteiger partial charge in [-0.25, -0.2) is 5.43 Å². The highest BCUT2D eigenvalue weighted by Crippen LogP contribution is 2.22. The number of quaternary nitrogens is 1. The van der Waals surface area contributed by atoms with E-state index in [4.69, 9.17) is 0 Å². The van der Waals surface area contributed by atoms with Gasteiger partial charge in [-0.15, -0.1) is 0 Å². The van der Waals surface area contributed by atoms with Crippen molar-refractivity contribution in [2.45, 2.75) is 0 Å². The van der Waals surface area contributed by atoms with Crippen LogP contribution >= 0.6 is 11.3 Å². The number of carbonyl (C=O) groups is 1. The first kappa shape index (κ1) is 14.3. The van der Waals surface area contributed by atoms with Crippen molar-refractivity contribution in [2.24, 2.45) is 5.10 Å². The lowest BCUT2D eigenvalue weighted by Gasteiger charge is -2.21. The Balaban J connectivity index is 2.49. The SMILES string of the molecule is C[N+](C)(C)CC(=O)N/N=C/c1ccc([N+](=O)[O-])s1. The standard InChI is InChI=1S/C10H14N4O3S/c1-14(2,3)7-9(15)12-11-6-8-4-5-10(18-8)13(16)17/h4-6H,7H2,1-3H3/p+1/b11-6+. The summed E-state index contributed by atoms with van der Waals surface area (Å²) in [5.41, 5.74) is 2.38. The molecular weight excluding hydrogens is 256 g/mol. The first-order chi connectivity index (χ1) is 8.28. The fourth-order valence-corrected chi connectivity index (χ4v) is 1.84. The lowest BCUT2D eigenvalue weighted by Crippen LogP contribution is -2.43. The molecule has 1 aromatic rings. The van der Waals surface area contributed by atoms with Crippen molar-refractivity contribution in [2.75, 3.05) is 27.7 Å². The van der Waals surface area contributed by atoms with E-state index in [1.807, 2.05) is 21.1 Å². The lowest BCUT2D eigenvalue weighted by atomic mass is 10.5. The second kappa shape index (κ2) is 5.69. The average molecular weight is 271 g/mol. The topological polar surface area (TPSA) is 84.6 Å². The van der Waals surface area contributed by atoms with E-state index in [1.54, 1.807) is 6.07 Å². The molecule has 0 aliphatic carbocycles. The van der Waals surface area contributed by atoms with Crippen LogP contribution in [-0.4, -0.2) is 49.2 Å². The minimum absolute atomic E-state index is 0.0501. The van der Waals surface area contributed by atoms with Crippen LogP contribution in [0.4, 0.5) is 5.00 Å². The summed E-state index contributed by atoms with van der Waals surface area (Å²) >= 11 is 1.00. The lowest BCUT2D eigenvalue weighted by molar-refractivity contribution is -0.862. The number of likely N-dealkylation sites (N-methyl/N-ethyl adjacent to an activating group) is 1. The van der Waals surface area contributed by atoms with Gasteiger partial charge in [0, 0.05) is 6.07 Å². The van der Waals surface area contributed by atoms with E-state index in [0.717, 1.165) is 11.3 Å². The van der Waals surface area contributed by atoms with E-state index >= 15 is 0 Å². The highest BCUT2D eigenvalue weighted by atomic mass is 32.1. The Bertz CT molecular complexity index is 476. The van der Waals surface area contributed by atoms with Crippen molar-refractivity contribution in [3.8, 4) is 0 Å². The second-order valence-electron chi connectivity index (χ2n) is 4.67. The zero-order valence-corrected chi connectivity index (χ0v) is 11.2. The van der Waals surface area contributed by atoms with Crippen molar-refractivity contribution in [3.05, 3.63) is 27.1 Å². The van der Waals surface area contributed by atoms with Gasteiger partial charge in [0.15, 0.2) is 6.54 Å². The average Bonchev–Trinajstić information content (AvgIpc) is 2.63. The van der Waals surface area contributed by atoms with Crippen LogP contribution in [0.3, 0.4) is 0 Å². The molecule has 1 N–H and O–H groups in total. The maximum Gasteiger partial charge on any atom is 0.324 e. The summed E-state index contributed by atoms with van der Waals surface area (Å²) in [5, 5.41) is 14.3. The predicted molar refractivity (Wildman–Crippen MR) is 69.6 cm³/mol. The number of rotatable bonds is 5. The fraction of sp³-hybridized carbons (Fsp3) is 0.400. The van der Waals surface area contributed by atoms with E-state index in [1.165, 1.54) is 12.3 Å². The van der Waals surface area contributed by atoms with E-state index in [9.17, 15) is 14.9 Å². The second-order valence-corrected chi connectivity index (χ2v) is 5.77. The Hall–Kier alpha value is -1.80. The third-order valence-electron chi connectivity index (χ3n) is 1.79. The summed E-state index contributed by atoms with van der Waals surface area (Å²) in [7, 11) is 5.68. The van der Waals surface area contributed by atoms with Crippen LogP contribution < -0.4 is 5.43 Å². The maximum atomic E-state index is 11.4. The zero-order valence-electron chi connectivity index (χ0n) is 10.4. The van der Waals surface area contributed by atoms with Gasteiger partial charge < -0.3 is 4.48 Å². The molecule has 0 fully saturated rings. The third kappa shape index (κ3) is 5.02. The molecule has 1 aromatic heterocycles. The molecule has 0 aliphatic rings. The molecule has 0 atom stereocenters. The van der Waals surface area contributed by atoms with E-state index in [0.29, 0.717) is 15.9 Å². The van der Waals surface area contributed by atoms with Gasteiger partial charge in [-0.05, 0) is 6.07 Å². The van der Waals surface area contributed by atoms with Crippen LogP contribution in [0, 0.1) is 10.1 Å². The summed E-state index contributed by atoms with van der Waals surface area (Å²) in [4.78, 5) is 22.0. The molecule has 0 unspecified atom stereocenters. The Labute approximate surface area is 108 Å². The molecule has 0 aromatic carbocycles. The Morgan fingerprint density at radius 1 is 1.56 bits per heavy atom. The summed E-state index contributed by atoms with van der Waals surface area (Å²) in [6.07, 6.45) is 1.39. The summed E-state index contributed by atoms with van der Waals surface area (Å²) in [6.45, 7) is 0.307. The largest absolute Gasteiger partial charge is 0.324 e. The Morgan fingerprint density at radius 3 is 2.72 bits per heavy atom. The maximum absolute atomic E-state index is 11.4. The minimum atomic E-state index is -0.461. The Kier molecular flexibility index (Phi) is 4.51. The number of nitro groups is 1. The number of hydrazone groups is 1. The molecule has 0 saturated carbocycles. The molecule has 8 heteroatoms. The number of hydrogen-bond acceptors (Lipinski definition) is 5. The highest BCUT2D eigenvalue weighted by Gasteiger charge is 2.13. The fourth-order valence-electron chi connectivity index (χ4n) is 1.14. The molecule has 1 rings (SSSR count). The van der Waals surface area contributed by atoms with E-state index < -0.39 is 4.92 Å². The number of nitrogens with one attached hydrogen (secondary N) is 1. The number of carbonyl (C=O) groups excluding carboxylic acids is 1. The minimum Gasteiger partial charge on any atom is -0.323 e.